The molecule has 1 unspecified atom stereocenters. The predicted octanol–water partition coefficient (Wildman–Crippen LogP) is 1.13. The Morgan fingerprint density at radius 2 is 2.18 bits per heavy atom. The van der Waals surface area contributed by atoms with E-state index in [0.29, 0.717) is 6.04 Å². The van der Waals surface area contributed by atoms with Gasteiger partial charge in [-0.15, -0.1) is 0 Å². The van der Waals surface area contributed by atoms with Gasteiger partial charge in [0.25, 0.3) is 0 Å². The summed E-state index contributed by atoms with van der Waals surface area (Å²) in [6, 6.07) is 0.329. The SMILES string of the molecule is NC1CCn2c(cnc2CC2CCOCC2)C1. The Labute approximate surface area is 102 Å². The molecule has 2 aliphatic rings. The number of rotatable bonds is 2. The van der Waals surface area contributed by atoms with E-state index in [-0.39, 0.29) is 0 Å². The van der Waals surface area contributed by atoms with Gasteiger partial charge in [0.15, 0.2) is 0 Å². The van der Waals surface area contributed by atoms with Crippen molar-refractivity contribution >= 4 is 0 Å². The van der Waals surface area contributed by atoms with Crippen molar-refractivity contribution in [1.29, 1.82) is 0 Å². The Morgan fingerprint density at radius 1 is 1.35 bits per heavy atom. The molecule has 0 aromatic carbocycles. The molecule has 4 nitrogen and oxygen atoms in total. The molecule has 0 amide bonds. The van der Waals surface area contributed by atoms with E-state index in [4.69, 9.17) is 10.5 Å². The number of fused-ring (bicyclic) bond motifs is 1. The number of nitrogens with two attached hydrogens (primary N) is 1. The third-order valence-corrected chi connectivity index (χ3v) is 4.03. The van der Waals surface area contributed by atoms with Gasteiger partial charge in [0.2, 0.25) is 0 Å². The van der Waals surface area contributed by atoms with Gasteiger partial charge >= 0.3 is 0 Å². The van der Waals surface area contributed by atoms with E-state index in [2.05, 4.69) is 9.55 Å². The number of hydrogen-bond acceptors (Lipinski definition) is 3. The zero-order chi connectivity index (χ0) is 11.7. The van der Waals surface area contributed by atoms with Crippen LogP contribution >= 0.6 is 0 Å². The van der Waals surface area contributed by atoms with Crippen molar-refractivity contribution in [3.63, 3.8) is 0 Å². The maximum absolute atomic E-state index is 5.99. The molecule has 1 fully saturated rings. The summed E-state index contributed by atoms with van der Waals surface area (Å²) >= 11 is 0. The first kappa shape index (κ1) is 11.2. The second-order valence-electron chi connectivity index (χ2n) is 5.33. The Kier molecular flexibility index (Phi) is 3.16. The number of hydrogen-bond donors (Lipinski definition) is 1. The lowest BCUT2D eigenvalue weighted by Crippen LogP contribution is -2.31. The maximum atomic E-state index is 5.99. The molecule has 0 spiro atoms. The van der Waals surface area contributed by atoms with E-state index in [1.54, 1.807) is 0 Å². The summed E-state index contributed by atoms with van der Waals surface area (Å²) in [7, 11) is 0. The minimum absolute atomic E-state index is 0.329. The van der Waals surface area contributed by atoms with Crippen LogP contribution in [0.4, 0.5) is 0 Å². The van der Waals surface area contributed by atoms with Crippen LogP contribution in [0.25, 0.3) is 0 Å². The summed E-state index contributed by atoms with van der Waals surface area (Å²) < 4.78 is 7.79. The van der Waals surface area contributed by atoms with Crippen LogP contribution in [0.3, 0.4) is 0 Å². The second kappa shape index (κ2) is 4.78. The van der Waals surface area contributed by atoms with Crippen molar-refractivity contribution in [1.82, 2.24) is 9.55 Å². The van der Waals surface area contributed by atoms with E-state index in [1.807, 2.05) is 6.20 Å². The highest BCUT2D eigenvalue weighted by atomic mass is 16.5. The maximum Gasteiger partial charge on any atom is 0.109 e. The van der Waals surface area contributed by atoms with Crippen LogP contribution in [-0.2, 0) is 24.1 Å². The van der Waals surface area contributed by atoms with Gasteiger partial charge in [-0.2, -0.15) is 0 Å². The van der Waals surface area contributed by atoms with Crippen LogP contribution in [0, 0.1) is 5.92 Å². The fourth-order valence-electron chi connectivity index (χ4n) is 2.93. The number of nitrogens with zero attached hydrogens (tertiary/aromatic N) is 2. The molecule has 1 aromatic heterocycles. The first-order chi connectivity index (χ1) is 8.33. The molecular weight excluding hydrogens is 214 g/mol. The fourth-order valence-corrected chi connectivity index (χ4v) is 2.93. The normalized spacial score (nSPS) is 25.8. The van der Waals surface area contributed by atoms with Crippen molar-refractivity contribution in [3.05, 3.63) is 17.7 Å². The first-order valence-corrected chi connectivity index (χ1v) is 6.69. The average molecular weight is 235 g/mol. The van der Waals surface area contributed by atoms with Gasteiger partial charge in [-0.25, -0.2) is 4.98 Å². The summed E-state index contributed by atoms with van der Waals surface area (Å²) in [5.74, 6) is 2.02. The lowest BCUT2D eigenvalue weighted by atomic mass is 9.96. The van der Waals surface area contributed by atoms with Crippen molar-refractivity contribution in [2.24, 2.45) is 11.7 Å². The second-order valence-corrected chi connectivity index (χ2v) is 5.33. The van der Waals surface area contributed by atoms with E-state index >= 15 is 0 Å². The van der Waals surface area contributed by atoms with Crippen LogP contribution in [0.15, 0.2) is 6.20 Å². The Bertz CT molecular complexity index is 382. The average Bonchev–Trinajstić information content (AvgIpc) is 2.73. The number of ether oxygens (including phenoxy) is 1. The summed E-state index contributed by atoms with van der Waals surface area (Å²) in [5, 5.41) is 0. The minimum Gasteiger partial charge on any atom is -0.381 e. The number of imidazole rings is 1. The Hall–Kier alpha value is -0.870. The van der Waals surface area contributed by atoms with Crippen molar-refractivity contribution in [3.8, 4) is 0 Å². The highest BCUT2D eigenvalue weighted by Gasteiger charge is 2.21. The number of aromatic nitrogens is 2. The lowest BCUT2D eigenvalue weighted by Gasteiger charge is -2.25. The molecular formula is C13H21N3O. The fraction of sp³-hybridized carbons (Fsp3) is 0.769. The molecule has 0 bridgehead atoms. The molecule has 2 aliphatic heterocycles. The van der Waals surface area contributed by atoms with Gasteiger partial charge in [0.1, 0.15) is 5.82 Å². The van der Waals surface area contributed by atoms with E-state index in [0.717, 1.165) is 44.9 Å². The third-order valence-electron chi connectivity index (χ3n) is 4.03. The molecule has 0 radical (unpaired) electrons. The predicted molar refractivity (Wildman–Crippen MR) is 65.8 cm³/mol. The third kappa shape index (κ3) is 2.38. The van der Waals surface area contributed by atoms with Gasteiger partial charge in [-0.1, -0.05) is 0 Å². The zero-order valence-corrected chi connectivity index (χ0v) is 10.3. The molecule has 1 atom stereocenters. The molecule has 17 heavy (non-hydrogen) atoms. The van der Waals surface area contributed by atoms with Crippen LogP contribution < -0.4 is 5.73 Å². The lowest BCUT2D eigenvalue weighted by molar-refractivity contribution is 0.0657. The smallest absolute Gasteiger partial charge is 0.109 e. The summed E-state index contributed by atoms with van der Waals surface area (Å²) in [6.07, 6.45) is 7.57. The summed E-state index contributed by atoms with van der Waals surface area (Å²) in [4.78, 5) is 4.59. The molecule has 1 saturated heterocycles. The van der Waals surface area contributed by atoms with Crippen molar-refractivity contribution < 1.29 is 4.74 Å². The van der Waals surface area contributed by atoms with Gasteiger partial charge < -0.3 is 15.0 Å². The quantitative estimate of drug-likeness (QED) is 0.836. The van der Waals surface area contributed by atoms with Gasteiger partial charge in [-0.05, 0) is 25.2 Å². The van der Waals surface area contributed by atoms with Crippen molar-refractivity contribution in [2.75, 3.05) is 13.2 Å². The molecule has 3 rings (SSSR count). The topological polar surface area (TPSA) is 53.1 Å². The summed E-state index contributed by atoms with van der Waals surface area (Å²) in [6.45, 7) is 2.89. The van der Waals surface area contributed by atoms with Gasteiger partial charge in [0.05, 0.1) is 0 Å². The Balaban J connectivity index is 1.71. The first-order valence-electron chi connectivity index (χ1n) is 6.69. The van der Waals surface area contributed by atoms with Crippen LogP contribution in [-0.4, -0.2) is 28.8 Å². The van der Waals surface area contributed by atoms with Crippen LogP contribution in [0.2, 0.25) is 0 Å². The molecule has 4 heteroatoms. The zero-order valence-electron chi connectivity index (χ0n) is 10.3. The van der Waals surface area contributed by atoms with Crippen LogP contribution in [0.5, 0.6) is 0 Å². The highest BCUT2D eigenvalue weighted by molar-refractivity contribution is 5.10. The summed E-state index contributed by atoms with van der Waals surface area (Å²) in [5.41, 5.74) is 7.31. The monoisotopic (exact) mass is 235 g/mol. The Morgan fingerprint density at radius 3 is 3.00 bits per heavy atom. The molecule has 2 N–H and O–H groups in total. The van der Waals surface area contributed by atoms with Gasteiger partial charge in [-0.3, -0.25) is 0 Å². The largest absolute Gasteiger partial charge is 0.381 e. The molecule has 3 heterocycles. The van der Waals surface area contributed by atoms with E-state index < -0.39 is 0 Å². The molecule has 0 aliphatic carbocycles. The molecule has 0 saturated carbocycles. The highest BCUT2D eigenvalue weighted by Crippen LogP contribution is 2.22. The molecule has 94 valence electrons. The van der Waals surface area contributed by atoms with E-state index in [9.17, 15) is 0 Å². The van der Waals surface area contributed by atoms with E-state index in [1.165, 1.54) is 24.4 Å². The van der Waals surface area contributed by atoms with Gasteiger partial charge in [0, 0.05) is 50.5 Å². The van der Waals surface area contributed by atoms with Crippen LogP contribution in [0.1, 0.15) is 30.8 Å². The standard InChI is InChI=1S/C13H21N3O/c14-11-1-4-16-12(8-11)9-15-13(16)7-10-2-5-17-6-3-10/h9-11H,1-8,14H2. The molecule has 1 aromatic rings. The minimum atomic E-state index is 0.329. The van der Waals surface area contributed by atoms with Crippen molar-refractivity contribution in [2.45, 2.75) is 44.7 Å².